The number of hydrogen-bond donors (Lipinski definition) is 1. The molecule has 2 fully saturated rings. The van der Waals surface area contributed by atoms with Crippen LogP contribution in [0.25, 0.3) is 0 Å². The second-order valence-electron chi connectivity index (χ2n) is 9.42. The standard InChI is InChI=1S/C24H29N3O5/c1-24(2)30-19-8-7-17(13-20(19)31-24)25-22(28)21-14-18(26-32-21)15-9-11-27(12-10-15)23(29)16-5-3-4-6-16/h7-8,13-16H,3-6,9-12H2,1-2H3,(H,25,28). The van der Waals surface area contributed by atoms with Crippen LogP contribution >= 0.6 is 0 Å². The lowest BCUT2D eigenvalue weighted by molar-refractivity contribution is -0.136. The fourth-order valence-electron chi connectivity index (χ4n) is 4.91. The number of carbonyl (C=O) groups is 2. The quantitative estimate of drug-likeness (QED) is 0.762. The minimum Gasteiger partial charge on any atom is -0.449 e. The Morgan fingerprint density at radius 2 is 1.75 bits per heavy atom. The summed E-state index contributed by atoms with van der Waals surface area (Å²) in [6.45, 7) is 5.14. The van der Waals surface area contributed by atoms with Crippen molar-refractivity contribution in [2.24, 2.45) is 5.92 Å². The van der Waals surface area contributed by atoms with Crippen molar-refractivity contribution in [1.82, 2.24) is 10.1 Å². The Morgan fingerprint density at radius 1 is 1.03 bits per heavy atom. The first-order chi connectivity index (χ1) is 15.4. The maximum atomic E-state index is 12.7. The van der Waals surface area contributed by atoms with Crippen LogP contribution in [-0.2, 0) is 4.79 Å². The molecule has 3 aliphatic rings. The van der Waals surface area contributed by atoms with Gasteiger partial charge in [0.05, 0.1) is 5.69 Å². The number of nitrogens with one attached hydrogen (secondary N) is 1. The third-order valence-corrected chi connectivity index (χ3v) is 6.59. The summed E-state index contributed by atoms with van der Waals surface area (Å²) in [5, 5.41) is 6.97. The number of fused-ring (bicyclic) bond motifs is 1. The van der Waals surface area contributed by atoms with Gasteiger partial charge in [0, 0.05) is 56.6 Å². The van der Waals surface area contributed by atoms with Crippen LogP contribution in [0, 0.1) is 5.92 Å². The molecule has 0 bridgehead atoms. The van der Waals surface area contributed by atoms with Gasteiger partial charge in [-0.2, -0.15) is 0 Å². The molecule has 5 rings (SSSR count). The molecule has 0 spiro atoms. The van der Waals surface area contributed by atoms with Crippen molar-refractivity contribution in [3.8, 4) is 11.5 Å². The molecule has 1 saturated heterocycles. The molecule has 1 aromatic heterocycles. The monoisotopic (exact) mass is 439 g/mol. The highest BCUT2D eigenvalue weighted by Gasteiger charge is 2.33. The number of aromatic nitrogens is 1. The van der Waals surface area contributed by atoms with Gasteiger partial charge in [0.25, 0.3) is 5.91 Å². The van der Waals surface area contributed by atoms with E-state index in [1.807, 2.05) is 18.7 Å². The third-order valence-electron chi connectivity index (χ3n) is 6.59. The van der Waals surface area contributed by atoms with E-state index in [-0.39, 0.29) is 23.5 Å². The zero-order valence-corrected chi connectivity index (χ0v) is 18.6. The number of piperidine rings is 1. The van der Waals surface area contributed by atoms with E-state index >= 15 is 0 Å². The highest BCUT2D eigenvalue weighted by atomic mass is 16.7. The highest BCUT2D eigenvalue weighted by molar-refractivity contribution is 6.02. The SMILES string of the molecule is CC1(C)Oc2ccc(NC(=O)c3cc(C4CCN(C(=O)C5CCCC5)CC4)no3)cc2O1. The number of carbonyl (C=O) groups excluding carboxylic acids is 2. The Labute approximate surface area is 187 Å². The zero-order chi connectivity index (χ0) is 22.3. The smallest absolute Gasteiger partial charge is 0.294 e. The van der Waals surface area contributed by atoms with Crippen molar-refractivity contribution >= 4 is 17.5 Å². The number of likely N-dealkylation sites (tertiary alicyclic amines) is 1. The Kier molecular flexibility index (Phi) is 5.31. The molecule has 8 heteroatoms. The van der Waals surface area contributed by atoms with Gasteiger partial charge in [0.2, 0.25) is 17.5 Å². The zero-order valence-electron chi connectivity index (χ0n) is 18.6. The largest absolute Gasteiger partial charge is 0.449 e. The predicted octanol–water partition coefficient (Wildman–Crippen LogP) is 4.33. The first-order valence-corrected chi connectivity index (χ1v) is 11.5. The van der Waals surface area contributed by atoms with Crippen LogP contribution in [0.1, 0.15) is 74.5 Å². The van der Waals surface area contributed by atoms with Crippen molar-refractivity contribution in [2.45, 2.75) is 64.1 Å². The van der Waals surface area contributed by atoms with Crippen molar-refractivity contribution < 1.29 is 23.6 Å². The summed E-state index contributed by atoms with van der Waals surface area (Å²) >= 11 is 0. The maximum absolute atomic E-state index is 12.7. The van der Waals surface area contributed by atoms with Crippen LogP contribution in [0.5, 0.6) is 11.5 Å². The molecule has 0 atom stereocenters. The van der Waals surface area contributed by atoms with Crippen molar-refractivity contribution in [3.63, 3.8) is 0 Å². The van der Waals surface area contributed by atoms with E-state index < -0.39 is 5.79 Å². The van der Waals surface area contributed by atoms with E-state index in [4.69, 9.17) is 14.0 Å². The molecule has 1 aliphatic carbocycles. The first-order valence-electron chi connectivity index (χ1n) is 11.5. The number of nitrogens with zero attached hydrogens (tertiary/aromatic N) is 2. The number of benzene rings is 1. The van der Waals surface area contributed by atoms with Gasteiger partial charge in [-0.1, -0.05) is 18.0 Å². The molecular weight excluding hydrogens is 410 g/mol. The van der Waals surface area contributed by atoms with E-state index in [0.717, 1.165) is 44.5 Å². The van der Waals surface area contributed by atoms with Crippen LogP contribution in [0.2, 0.25) is 0 Å². The Bertz CT molecular complexity index is 1020. The molecule has 8 nitrogen and oxygen atoms in total. The van der Waals surface area contributed by atoms with Gasteiger partial charge in [-0.3, -0.25) is 9.59 Å². The summed E-state index contributed by atoms with van der Waals surface area (Å²) in [7, 11) is 0. The van der Waals surface area contributed by atoms with Crippen LogP contribution in [0.4, 0.5) is 5.69 Å². The van der Waals surface area contributed by atoms with Gasteiger partial charge in [0.15, 0.2) is 11.5 Å². The summed E-state index contributed by atoms with van der Waals surface area (Å²) in [5.74, 6) is 1.04. The predicted molar refractivity (Wildman–Crippen MR) is 117 cm³/mol. The maximum Gasteiger partial charge on any atom is 0.294 e. The molecular formula is C24H29N3O5. The summed E-state index contributed by atoms with van der Waals surface area (Å²) in [5.41, 5.74) is 1.36. The molecule has 1 N–H and O–H groups in total. The van der Waals surface area contributed by atoms with Crippen molar-refractivity contribution in [3.05, 3.63) is 35.7 Å². The van der Waals surface area contributed by atoms with E-state index in [1.165, 1.54) is 12.8 Å². The summed E-state index contributed by atoms with van der Waals surface area (Å²) < 4.78 is 16.7. The molecule has 170 valence electrons. The third kappa shape index (κ3) is 4.18. The molecule has 0 radical (unpaired) electrons. The Morgan fingerprint density at radius 3 is 2.50 bits per heavy atom. The van der Waals surface area contributed by atoms with Crippen molar-refractivity contribution in [1.29, 1.82) is 0 Å². The van der Waals surface area contributed by atoms with Gasteiger partial charge >= 0.3 is 0 Å². The second-order valence-corrected chi connectivity index (χ2v) is 9.42. The van der Waals surface area contributed by atoms with E-state index in [2.05, 4.69) is 10.5 Å². The summed E-state index contributed by atoms with van der Waals surface area (Å²) in [6, 6.07) is 6.98. The lowest BCUT2D eigenvalue weighted by Crippen LogP contribution is -2.40. The lowest BCUT2D eigenvalue weighted by Gasteiger charge is -2.32. The van der Waals surface area contributed by atoms with Gasteiger partial charge < -0.3 is 24.2 Å². The summed E-state index contributed by atoms with van der Waals surface area (Å²) in [4.78, 5) is 27.3. The molecule has 2 amide bonds. The average molecular weight is 440 g/mol. The first kappa shape index (κ1) is 20.8. The number of hydrogen-bond acceptors (Lipinski definition) is 6. The lowest BCUT2D eigenvalue weighted by atomic mass is 9.92. The topological polar surface area (TPSA) is 93.9 Å². The molecule has 2 aromatic rings. The molecule has 32 heavy (non-hydrogen) atoms. The van der Waals surface area contributed by atoms with Gasteiger partial charge in [-0.05, 0) is 37.8 Å². The van der Waals surface area contributed by atoms with E-state index in [1.54, 1.807) is 24.3 Å². The van der Waals surface area contributed by atoms with Crippen LogP contribution in [-0.4, -0.2) is 40.7 Å². The molecule has 0 unspecified atom stereocenters. The van der Waals surface area contributed by atoms with Gasteiger partial charge in [-0.25, -0.2) is 0 Å². The number of anilines is 1. The number of amides is 2. The molecule has 3 heterocycles. The Hall–Kier alpha value is -3.03. The van der Waals surface area contributed by atoms with Crippen LogP contribution < -0.4 is 14.8 Å². The average Bonchev–Trinajstić information content (AvgIpc) is 3.52. The number of rotatable bonds is 4. The highest BCUT2D eigenvalue weighted by Crippen LogP contribution is 2.40. The van der Waals surface area contributed by atoms with E-state index in [0.29, 0.717) is 23.1 Å². The van der Waals surface area contributed by atoms with Gasteiger partial charge in [-0.15, -0.1) is 0 Å². The fourth-order valence-corrected chi connectivity index (χ4v) is 4.91. The molecule has 1 aromatic carbocycles. The van der Waals surface area contributed by atoms with Crippen molar-refractivity contribution in [2.75, 3.05) is 18.4 Å². The van der Waals surface area contributed by atoms with Gasteiger partial charge in [0.1, 0.15) is 0 Å². The normalized spacial score (nSPS) is 20.5. The molecule has 2 aliphatic heterocycles. The number of ether oxygens (including phenoxy) is 2. The fraction of sp³-hybridized carbons (Fsp3) is 0.542. The minimum absolute atomic E-state index is 0.169. The van der Waals surface area contributed by atoms with Crippen LogP contribution in [0.15, 0.2) is 28.8 Å². The second kappa shape index (κ2) is 8.15. The molecule has 1 saturated carbocycles. The summed E-state index contributed by atoms with van der Waals surface area (Å²) in [6.07, 6.45) is 6.07. The Balaban J connectivity index is 1.17. The van der Waals surface area contributed by atoms with Crippen LogP contribution in [0.3, 0.4) is 0 Å². The van der Waals surface area contributed by atoms with E-state index in [9.17, 15) is 9.59 Å². The minimum atomic E-state index is -0.720.